The van der Waals surface area contributed by atoms with Gasteiger partial charge in [-0.3, -0.25) is 4.79 Å². The van der Waals surface area contributed by atoms with Crippen molar-refractivity contribution in [2.75, 3.05) is 7.05 Å². The highest BCUT2D eigenvalue weighted by Crippen LogP contribution is 2.23. The van der Waals surface area contributed by atoms with Crippen LogP contribution in [0.4, 0.5) is 0 Å². The van der Waals surface area contributed by atoms with E-state index >= 15 is 0 Å². The maximum Gasteiger partial charge on any atom is 0.202 e. The van der Waals surface area contributed by atoms with E-state index in [4.69, 9.17) is 11.6 Å². The van der Waals surface area contributed by atoms with Gasteiger partial charge < -0.3 is 5.32 Å². The maximum atomic E-state index is 12.1. The van der Waals surface area contributed by atoms with E-state index < -0.39 is 0 Å². The van der Waals surface area contributed by atoms with E-state index in [1.807, 2.05) is 31.3 Å². The van der Waals surface area contributed by atoms with Crippen molar-refractivity contribution in [3.63, 3.8) is 0 Å². The monoisotopic (exact) mass is 265 g/mol. The second kappa shape index (κ2) is 5.45. The van der Waals surface area contributed by atoms with Crippen LogP contribution in [0.1, 0.15) is 20.8 Å². The number of carbonyl (C=O) groups excluding carboxylic acids is 1. The topological polar surface area (TPSA) is 29.1 Å². The number of halogens is 1. The lowest BCUT2D eigenvalue weighted by Crippen LogP contribution is -2.05. The molecule has 0 aliphatic rings. The van der Waals surface area contributed by atoms with Crippen LogP contribution in [0.15, 0.2) is 36.4 Å². The second-order valence-electron chi connectivity index (χ2n) is 3.66. The molecule has 2 nitrogen and oxygen atoms in total. The molecule has 1 heterocycles. The molecule has 0 aliphatic carbocycles. The van der Waals surface area contributed by atoms with Gasteiger partial charge in [0.25, 0.3) is 0 Å². The van der Waals surface area contributed by atoms with Gasteiger partial charge in [-0.25, -0.2) is 0 Å². The third-order valence-electron chi connectivity index (χ3n) is 2.39. The molecule has 0 radical (unpaired) electrons. The minimum atomic E-state index is 0.0258. The summed E-state index contributed by atoms with van der Waals surface area (Å²) in [4.78, 5) is 12.7. The highest BCUT2D eigenvalue weighted by atomic mass is 35.5. The van der Waals surface area contributed by atoms with Gasteiger partial charge in [-0.05, 0) is 24.7 Å². The average molecular weight is 266 g/mol. The molecule has 17 heavy (non-hydrogen) atoms. The number of benzene rings is 1. The molecule has 0 atom stereocenters. The first-order valence-corrected chi connectivity index (χ1v) is 6.43. The minimum absolute atomic E-state index is 0.0258. The summed E-state index contributed by atoms with van der Waals surface area (Å²) in [6.45, 7) is 0.805. The van der Waals surface area contributed by atoms with Crippen molar-refractivity contribution in [1.82, 2.24) is 5.32 Å². The van der Waals surface area contributed by atoms with Crippen molar-refractivity contribution in [3.8, 4) is 0 Å². The molecule has 0 saturated heterocycles. The fourth-order valence-electron chi connectivity index (χ4n) is 1.56. The number of hydrogen-bond donors (Lipinski definition) is 1. The quantitative estimate of drug-likeness (QED) is 0.859. The molecule has 1 aromatic heterocycles. The molecule has 2 aromatic rings. The van der Waals surface area contributed by atoms with Crippen molar-refractivity contribution in [1.29, 1.82) is 0 Å². The van der Waals surface area contributed by atoms with E-state index in [1.54, 1.807) is 12.1 Å². The number of nitrogens with one attached hydrogen (secondary N) is 1. The number of ketones is 1. The number of carbonyl (C=O) groups is 1. The van der Waals surface area contributed by atoms with Crippen LogP contribution >= 0.6 is 22.9 Å². The highest BCUT2D eigenvalue weighted by Gasteiger charge is 2.11. The third-order valence-corrected chi connectivity index (χ3v) is 3.62. The van der Waals surface area contributed by atoms with Crippen LogP contribution in [-0.4, -0.2) is 12.8 Å². The molecule has 2 rings (SSSR count). The van der Waals surface area contributed by atoms with Gasteiger partial charge in [0.15, 0.2) is 0 Å². The first-order chi connectivity index (χ1) is 8.20. The fraction of sp³-hybridized carbons (Fsp3) is 0.154. The Morgan fingerprint density at radius 1 is 1.24 bits per heavy atom. The van der Waals surface area contributed by atoms with Crippen LogP contribution in [0.25, 0.3) is 0 Å². The smallest absolute Gasteiger partial charge is 0.202 e. The van der Waals surface area contributed by atoms with Gasteiger partial charge in [0.2, 0.25) is 5.78 Å². The van der Waals surface area contributed by atoms with Gasteiger partial charge in [-0.1, -0.05) is 35.9 Å². The SMILES string of the molecule is CNCc1ccc(C(=O)c2ccc(Cl)s2)cc1. The normalized spacial score (nSPS) is 10.5. The van der Waals surface area contributed by atoms with Crippen LogP contribution in [-0.2, 0) is 6.54 Å². The van der Waals surface area contributed by atoms with Crippen LogP contribution in [0.5, 0.6) is 0 Å². The molecular weight excluding hydrogens is 254 g/mol. The Labute approximate surface area is 109 Å². The fourth-order valence-corrected chi connectivity index (χ4v) is 2.56. The summed E-state index contributed by atoms with van der Waals surface area (Å²) >= 11 is 7.13. The molecule has 0 fully saturated rings. The molecule has 0 unspecified atom stereocenters. The maximum absolute atomic E-state index is 12.1. The predicted molar refractivity (Wildman–Crippen MR) is 72.0 cm³/mol. The van der Waals surface area contributed by atoms with Crippen molar-refractivity contribution in [2.45, 2.75) is 6.54 Å². The molecule has 88 valence electrons. The Kier molecular flexibility index (Phi) is 3.94. The van der Waals surface area contributed by atoms with Crippen molar-refractivity contribution in [3.05, 3.63) is 56.7 Å². The molecule has 0 spiro atoms. The second-order valence-corrected chi connectivity index (χ2v) is 5.38. The van der Waals surface area contributed by atoms with E-state index in [9.17, 15) is 4.79 Å². The Morgan fingerprint density at radius 3 is 2.47 bits per heavy atom. The van der Waals surface area contributed by atoms with Gasteiger partial charge >= 0.3 is 0 Å². The first-order valence-electron chi connectivity index (χ1n) is 5.24. The van der Waals surface area contributed by atoms with E-state index in [-0.39, 0.29) is 5.78 Å². The zero-order valence-corrected chi connectivity index (χ0v) is 10.9. The molecule has 0 saturated carbocycles. The average Bonchev–Trinajstić information content (AvgIpc) is 2.76. The van der Waals surface area contributed by atoms with Crippen LogP contribution in [0.3, 0.4) is 0 Å². The third kappa shape index (κ3) is 2.94. The van der Waals surface area contributed by atoms with E-state index in [1.165, 1.54) is 11.3 Å². The Morgan fingerprint density at radius 2 is 1.94 bits per heavy atom. The van der Waals surface area contributed by atoms with Crippen molar-refractivity contribution < 1.29 is 4.79 Å². The standard InChI is InChI=1S/C13H12ClNOS/c1-15-8-9-2-4-10(5-3-9)13(16)11-6-7-12(14)17-11/h2-7,15H,8H2,1H3. The lowest BCUT2D eigenvalue weighted by molar-refractivity contribution is 0.104. The summed E-state index contributed by atoms with van der Waals surface area (Å²) in [6, 6.07) is 11.1. The lowest BCUT2D eigenvalue weighted by atomic mass is 10.1. The van der Waals surface area contributed by atoms with Crippen LogP contribution in [0.2, 0.25) is 4.34 Å². The zero-order chi connectivity index (χ0) is 12.3. The summed E-state index contributed by atoms with van der Waals surface area (Å²) in [6.07, 6.45) is 0. The van der Waals surface area contributed by atoms with E-state index in [0.29, 0.717) is 14.8 Å². The first kappa shape index (κ1) is 12.3. The lowest BCUT2D eigenvalue weighted by Gasteiger charge is -2.02. The Hall–Kier alpha value is -1.16. The van der Waals surface area contributed by atoms with E-state index in [2.05, 4.69) is 5.32 Å². The van der Waals surface area contributed by atoms with Crippen molar-refractivity contribution >= 4 is 28.7 Å². The number of thiophene rings is 1. The summed E-state index contributed by atoms with van der Waals surface area (Å²) in [5.74, 6) is 0.0258. The Balaban J connectivity index is 2.20. The highest BCUT2D eigenvalue weighted by molar-refractivity contribution is 7.18. The van der Waals surface area contributed by atoms with Gasteiger partial charge in [0.1, 0.15) is 0 Å². The summed E-state index contributed by atoms with van der Waals surface area (Å²) in [7, 11) is 1.90. The molecular formula is C13H12ClNOS. The molecule has 0 aliphatic heterocycles. The summed E-state index contributed by atoms with van der Waals surface area (Å²) < 4.78 is 0.639. The zero-order valence-electron chi connectivity index (χ0n) is 9.37. The van der Waals surface area contributed by atoms with E-state index in [0.717, 1.165) is 12.1 Å². The molecule has 1 N–H and O–H groups in total. The minimum Gasteiger partial charge on any atom is -0.316 e. The van der Waals surface area contributed by atoms with Crippen LogP contribution < -0.4 is 5.32 Å². The van der Waals surface area contributed by atoms with Gasteiger partial charge in [-0.2, -0.15) is 0 Å². The summed E-state index contributed by atoms with van der Waals surface area (Å²) in [5, 5.41) is 3.07. The van der Waals surface area contributed by atoms with Crippen molar-refractivity contribution in [2.24, 2.45) is 0 Å². The Bertz CT molecular complexity index is 518. The van der Waals surface area contributed by atoms with Gasteiger partial charge in [0.05, 0.1) is 9.21 Å². The molecule has 0 amide bonds. The largest absolute Gasteiger partial charge is 0.316 e. The summed E-state index contributed by atoms with van der Waals surface area (Å²) in [5.41, 5.74) is 1.86. The molecule has 1 aromatic carbocycles. The number of hydrogen-bond acceptors (Lipinski definition) is 3. The molecule has 0 bridgehead atoms. The van der Waals surface area contributed by atoms with Gasteiger partial charge in [0, 0.05) is 12.1 Å². The predicted octanol–water partition coefficient (Wildman–Crippen LogP) is 3.35. The number of rotatable bonds is 4. The van der Waals surface area contributed by atoms with Crippen LogP contribution in [0, 0.1) is 0 Å². The molecule has 4 heteroatoms. The van der Waals surface area contributed by atoms with Gasteiger partial charge in [-0.15, -0.1) is 11.3 Å².